The number of carbonyl (C=O) groups excluding carboxylic acids is 2. The molecule has 1 heterocycles. The minimum atomic E-state index is -0.759. The number of methoxy groups -OCH3 is 1. The van der Waals surface area contributed by atoms with Crippen LogP contribution in [0, 0.1) is 0 Å². The van der Waals surface area contributed by atoms with Crippen molar-refractivity contribution < 1.29 is 23.8 Å². The largest absolute Gasteiger partial charge is 0.506 e. The number of para-hydroxylation sites is 1. The average Bonchev–Trinajstić information content (AvgIpc) is 2.97. The van der Waals surface area contributed by atoms with E-state index in [4.69, 9.17) is 16.0 Å². The van der Waals surface area contributed by atoms with Crippen LogP contribution >= 0.6 is 11.6 Å². The summed E-state index contributed by atoms with van der Waals surface area (Å²) in [6.07, 6.45) is 2.82. The van der Waals surface area contributed by atoms with E-state index in [1.165, 1.54) is 37.5 Å². The lowest BCUT2D eigenvalue weighted by Gasteiger charge is -2.01. The maximum Gasteiger partial charge on any atom is 0.420 e. The van der Waals surface area contributed by atoms with E-state index in [1.807, 2.05) is 0 Å². The highest BCUT2D eigenvalue weighted by atomic mass is 35.5. The third kappa shape index (κ3) is 3.78. The Morgan fingerprint density at radius 1 is 1.30 bits per heavy atom. The molecule has 1 aromatic heterocycles. The number of allylic oxidation sites excluding steroid dienone is 1. The Kier molecular flexibility index (Phi) is 5.14. The van der Waals surface area contributed by atoms with Crippen LogP contribution in [0.3, 0.4) is 0 Å². The molecule has 0 bridgehead atoms. The van der Waals surface area contributed by atoms with Gasteiger partial charge in [-0.1, -0.05) is 29.8 Å². The molecule has 7 nitrogen and oxygen atoms in total. The number of hydrogen-bond donors (Lipinski definition) is 1. The van der Waals surface area contributed by atoms with Gasteiger partial charge in [-0.2, -0.15) is 0 Å². The molecule has 138 valence electrons. The number of aromatic nitrogens is 1. The van der Waals surface area contributed by atoms with Crippen molar-refractivity contribution in [1.82, 2.24) is 4.57 Å². The van der Waals surface area contributed by atoms with Gasteiger partial charge in [0.2, 0.25) is 0 Å². The maximum absolute atomic E-state index is 12.6. The normalized spacial score (nSPS) is 11.2. The molecule has 0 unspecified atom stereocenters. The number of phenols is 1. The Morgan fingerprint density at radius 3 is 2.78 bits per heavy atom. The number of carbonyl (C=O) groups is 2. The lowest BCUT2D eigenvalue weighted by atomic mass is 10.1. The second-order valence-electron chi connectivity index (χ2n) is 5.59. The van der Waals surface area contributed by atoms with Gasteiger partial charge in [0.15, 0.2) is 11.4 Å². The molecule has 0 saturated carbocycles. The van der Waals surface area contributed by atoms with E-state index in [0.29, 0.717) is 11.1 Å². The van der Waals surface area contributed by atoms with E-state index < -0.39 is 17.5 Å². The third-order valence-corrected chi connectivity index (χ3v) is 4.18. The van der Waals surface area contributed by atoms with Crippen molar-refractivity contribution in [3.63, 3.8) is 0 Å². The lowest BCUT2D eigenvalue weighted by Crippen LogP contribution is -2.20. The van der Waals surface area contributed by atoms with Crippen LogP contribution in [0.2, 0.25) is 5.02 Å². The number of oxazole rings is 1. The summed E-state index contributed by atoms with van der Waals surface area (Å²) in [5.41, 5.74) is 1.19. The Hall–Kier alpha value is -3.32. The summed E-state index contributed by atoms with van der Waals surface area (Å²) in [4.78, 5) is 36.1. The van der Waals surface area contributed by atoms with Crippen LogP contribution in [0.4, 0.5) is 0 Å². The molecular formula is C19H14ClNO6. The average molecular weight is 388 g/mol. The number of benzene rings is 2. The van der Waals surface area contributed by atoms with E-state index in [1.54, 1.807) is 18.2 Å². The van der Waals surface area contributed by atoms with E-state index in [0.717, 1.165) is 4.57 Å². The summed E-state index contributed by atoms with van der Waals surface area (Å²) >= 11 is 5.84. The van der Waals surface area contributed by atoms with Crippen molar-refractivity contribution in [2.24, 2.45) is 0 Å². The SMILES string of the molecule is COC(=O)Cn1c(=O)oc2c(C(=O)/C=C/c3ccc(O)c(Cl)c3)cccc21. The van der Waals surface area contributed by atoms with Gasteiger partial charge in [-0.3, -0.25) is 14.2 Å². The Labute approximate surface area is 158 Å². The first-order valence-electron chi connectivity index (χ1n) is 7.81. The summed E-state index contributed by atoms with van der Waals surface area (Å²) in [5.74, 6) is -1.83. The number of phenolic OH excluding ortho intramolecular Hbond substituents is 1. The molecule has 0 fully saturated rings. The molecule has 8 heteroatoms. The predicted octanol–water partition coefficient (Wildman–Crippen LogP) is 3.02. The molecule has 0 radical (unpaired) electrons. The van der Waals surface area contributed by atoms with Gasteiger partial charge in [0.25, 0.3) is 0 Å². The quantitative estimate of drug-likeness (QED) is 0.410. The number of ketones is 1. The summed E-state index contributed by atoms with van der Waals surface area (Å²) in [7, 11) is 1.21. The molecule has 0 aliphatic rings. The fourth-order valence-electron chi connectivity index (χ4n) is 2.51. The van der Waals surface area contributed by atoms with E-state index in [2.05, 4.69) is 4.74 Å². The molecule has 0 spiro atoms. The number of halogens is 1. The summed E-state index contributed by atoms with van der Waals surface area (Å²) < 4.78 is 10.8. The zero-order valence-electron chi connectivity index (χ0n) is 14.1. The van der Waals surface area contributed by atoms with Gasteiger partial charge in [0.1, 0.15) is 12.3 Å². The first-order valence-corrected chi connectivity index (χ1v) is 8.18. The Morgan fingerprint density at radius 2 is 2.07 bits per heavy atom. The maximum atomic E-state index is 12.6. The molecule has 0 aliphatic carbocycles. The van der Waals surface area contributed by atoms with Crippen molar-refractivity contribution in [2.45, 2.75) is 6.54 Å². The van der Waals surface area contributed by atoms with Crippen LogP contribution in [-0.2, 0) is 16.1 Å². The van der Waals surface area contributed by atoms with Crippen LogP contribution in [0.15, 0.2) is 51.7 Å². The number of esters is 1. The van der Waals surface area contributed by atoms with Gasteiger partial charge in [-0.25, -0.2) is 4.79 Å². The highest BCUT2D eigenvalue weighted by Crippen LogP contribution is 2.24. The summed E-state index contributed by atoms with van der Waals surface area (Å²) in [6.45, 7) is -0.318. The van der Waals surface area contributed by atoms with E-state index in [9.17, 15) is 19.5 Å². The second-order valence-corrected chi connectivity index (χ2v) is 6.00. The van der Waals surface area contributed by atoms with Gasteiger partial charge in [0.05, 0.1) is 23.2 Å². The fourth-order valence-corrected chi connectivity index (χ4v) is 2.70. The Balaban J connectivity index is 1.96. The van der Waals surface area contributed by atoms with Crippen LogP contribution in [-0.4, -0.2) is 28.5 Å². The lowest BCUT2D eigenvalue weighted by molar-refractivity contribution is -0.141. The molecule has 27 heavy (non-hydrogen) atoms. The van der Waals surface area contributed by atoms with Crippen molar-refractivity contribution in [2.75, 3.05) is 7.11 Å². The number of fused-ring (bicyclic) bond motifs is 1. The monoisotopic (exact) mass is 387 g/mol. The van der Waals surface area contributed by atoms with Crippen LogP contribution in [0.25, 0.3) is 17.2 Å². The molecular weight excluding hydrogens is 374 g/mol. The standard InChI is InChI=1S/C19H14ClNO6/c1-26-17(24)10-21-14-4-2-3-12(18(14)27-19(21)25)15(22)7-5-11-6-8-16(23)13(20)9-11/h2-9,23H,10H2,1H3/b7-5+. The topological polar surface area (TPSA) is 98.7 Å². The number of rotatable bonds is 5. The van der Waals surface area contributed by atoms with Crippen molar-refractivity contribution >= 4 is 40.5 Å². The van der Waals surface area contributed by atoms with E-state index >= 15 is 0 Å². The first kappa shape index (κ1) is 18.5. The number of aromatic hydroxyl groups is 1. The van der Waals surface area contributed by atoms with Crippen molar-refractivity contribution in [3.8, 4) is 5.75 Å². The molecule has 2 aromatic carbocycles. The van der Waals surface area contributed by atoms with Crippen LogP contribution in [0.1, 0.15) is 15.9 Å². The predicted molar refractivity (Wildman–Crippen MR) is 99.0 cm³/mol. The first-order chi connectivity index (χ1) is 12.9. The molecule has 0 atom stereocenters. The molecule has 0 amide bonds. The minimum absolute atomic E-state index is 0.0568. The zero-order valence-corrected chi connectivity index (χ0v) is 14.9. The van der Waals surface area contributed by atoms with Crippen LogP contribution in [0.5, 0.6) is 5.75 Å². The summed E-state index contributed by atoms with van der Waals surface area (Å²) in [6, 6.07) is 9.20. The molecule has 0 saturated heterocycles. The fraction of sp³-hybridized carbons (Fsp3) is 0.105. The third-order valence-electron chi connectivity index (χ3n) is 3.87. The molecule has 3 rings (SSSR count). The molecule has 1 N–H and O–H groups in total. The zero-order chi connectivity index (χ0) is 19.6. The van der Waals surface area contributed by atoms with Gasteiger partial charge in [-0.15, -0.1) is 0 Å². The smallest absolute Gasteiger partial charge is 0.420 e. The number of ether oxygens (including phenoxy) is 1. The number of nitrogens with zero attached hydrogens (tertiary/aromatic N) is 1. The molecule has 0 aliphatic heterocycles. The summed E-state index contributed by atoms with van der Waals surface area (Å²) in [5, 5.41) is 9.59. The van der Waals surface area contributed by atoms with Crippen LogP contribution < -0.4 is 5.76 Å². The van der Waals surface area contributed by atoms with Gasteiger partial charge >= 0.3 is 11.7 Å². The highest BCUT2D eigenvalue weighted by molar-refractivity contribution is 6.32. The highest BCUT2D eigenvalue weighted by Gasteiger charge is 2.17. The molecule has 3 aromatic rings. The van der Waals surface area contributed by atoms with E-state index in [-0.39, 0.29) is 28.5 Å². The Bertz CT molecular complexity index is 1120. The van der Waals surface area contributed by atoms with Gasteiger partial charge < -0.3 is 14.3 Å². The van der Waals surface area contributed by atoms with Gasteiger partial charge in [0, 0.05) is 0 Å². The van der Waals surface area contributed by atoms with Crippen molar-refractivity contribution in [3.05, 3.63) is 69.2 Å². The minimum Gasteiger partial charge on any atom is -0.506 e. The van der Waals surface area contributed by atoms with Gasteiger partial charge in [-0.05, 0) is 35.9 Å². The number of hydrogen-bond acceptors (Lipinski definition) is 6. The van der Waals surface area contributed by atoms with Crippen molar-refractivity contribution in [1.29, 1.82) is 0 Å². The second kappa shape index (κ2) is 7.51.